The van der Waals surface area contributed by atoms with Crippen molar-refractivity contribution in [2.45, 2.75) is 45.3 Å². The maximum Gasteiger partial charge on any atom is 0.249 e. The van der Waals surface area contributed by atoms with Crippen molar-refractivity contribution in [1.82, 2.24) is 5.32 Å². The molecule has 0 aliphatic heterocycles. The van der Waals surface area contributed by atoms with Crippen LogP contribution in [0.25, 0.3) is 0 Å². The van der Waals surface area contributed by atoms with E-state index in [1.807, 2.05) is 13.0 Å². The van der Waals surface area contributed by atoms with E-state index in [0.717, 1.165) is 12.8 Å². The Labute approximate surface area is 109 Å². The Morgan fingerprint density at radius 2 is 2.22 bits per heavy atom. The highest BCUT2D eigenvalue weighted by atomic mass is 16.5. The van der Waals surface area contributed by atoms with Crippen molar-refractivity contribution in [1.29, 1.82) is 0 Å². The molecule has 1 N–H and O–H groups in total. The molecule has 1 aromatic carbocycles. The van der Waals surface area contributed by atoms with Crippen LogP contribution in [0.4, 0.5) is 0 Å². The fraction of sp³-hybridized carbons (Fsp3) is 0.533. The molecular formula is C15H21NO2. The zero-order valence-corrected chi connectivity index (χ0v) is 11.3. The Morgan fingerprint density at radius 1 is 1.50 bits per heavy atom. The van der Waals surface area contributed by atoms with Crippen LogP contribution in [0, 0.1) is 6.92 Å². The summed E-state index contributed by atoms with van der Waals surface area (Å²) >= 11 is 0. The zero-order valence-electron chi connectivity index (χ0n) is 11.3. The highest BCUT2D eigenvalue weighted by Gasteiger charge is 2.46. The maximum absolute atomic E-state index is 12.0. The van der Waals surface area contributed by atoms with Gasteiger partial charge in [-0.05, 0) is 39.2 Å². The molecule has 1 saturated carbocycles. The third-order valence-corrected chi connectivity index (χ3v) is 3.47. The fourth-order valence-electron chi connectivity index (χ4n) is 2.22. The molecule has 98 valence electrons. The molecule has 1 aliphatic carbocycles. The van der Waals surface area contributed by atoms with E-state index in [9.17, 15) is 4.79 Å². The summed E-state index contributed by atoms with van der Waals surface area (Å²) in [5.74, 6) is -0.0177. The Hall–Kier alpha value is -1.35. The van der Waals surface area contributed by atoms with Gasteiger partial charge >= 0.3 is 0 Å². The number of aryl methyl sites for hydroxylation is 1. The summed E-state index contributed by atoms with van der Waals surface area (Å²) in [6.07, 6.45) is 1.65. The number of carbonyl (C=O) groups is 1. The number of carbonyl (C=O) groups excluding carboxylic acids is 1. The van der Waals surface area contributed by atoms with Gasteiger partial charge in [0.15, 0.2) is 0 Å². The first-order valence-electron chi connectivity index (χ1n) is 6.58. The summed E-state index contributed by atoms with van der Waals surface area (Å²) in [5, 5.41) is 3.13. The molecule has 2 rings (SSSR count). The van der Waals surface area contributed by atoms with Crippen LogP contribution in [-0.2, 0) is 15.1 Å². The number of amides is 1. The molecule has 1 amide bonds. The topological polar surface area (TPSA) is 38.3 Å². The quantitative estimate of drug-likeness (QED) is 0.868. The second-order valence-electron chi connectivity index (χ2n) is 5.04. The average molecular weight is 247 g/mol. The summed E-state index contributed by atoms with van der Waals surface area (Å²) in [7, 11) is 0. The van der Waals surface area contributed by atoms with E-state index in [1.54, 1.807) is 6.92 Å². The van der Waals surface area contributed by atoms with E-state index < -0.39 is 0 Å². The first-order chi connectivity index (χ1) is 8.57. The average Bonchev–Trinajstić information content (AvgIpc) is 3.10. The van der Waals surface area contributed by atoms with E-state index in [2.05, 4.69) is 30.4 Å². The normalized spacial score (nSPS) is 18.2. The van der Waals surface area contributed by atoms with Gasteiger partial charge in [0.1, 0.15) is 6.10 Å². The SMILES string of the molecule is CCOC(C)C(=O)NC1(c2cccc(C)c2)CC1. The molecule has 0 saturated heterocycles. The molecule has 0 aromatic heterocycles. The van der Waals surface area contributed by atoms with Crippen molar-refractivity contribution in [3.05, 3.63) is 35.4 Å². The van der Waals surface area contributed by atoms with Gasteiger partial charge in [-0.2, -0.15) is 0 Å². The number of hydrogen-bond donors (Lipinski definition) is 1. The lowest BCUT2D eigenvalue weighted by molar-refractivity contribution is -0.132. The monoisotopic (exact) mass is 247 g/mol. The summed E-state index contributed by atoms with van der Waals surface area (Å²) < 4.78 is 5.32. The van der Waals surface area contributed by atoms with Crippen LogP contribution in [0.15, 0.2) is 24.3 Å². The second kappa shape index (κ2) is 5.11. The van der Waals surface area contributed by atoms with Crippen LogP contribution in [0.2, 0.25) is 0 Å². The Bertz CT molecular complexity index is 438. The first kappa shape index (κ1) is 13.1. The largest absolute Gasteiger partial charge is 0.369 e. The van der Waals surface area contributed by atoms with Gasteiger partial charge in [0.25, 0.3) is 0 Å². The summed E-state index contributed by atoms with van der Waals surface area (Å²) in [6.45, 7) is 6.33. The van der Waals surface area contributed by atoms with Gasteiger partial charge < -0.3 is 10.1 Å². The van der Waals surface area contributed by atoms with Crippen LogP contribution in [-0.4, -0.2) is 18.6 Å². The van der Waals surface area contributed by atoms with Gasteiger partial charge in [-0.3, -0.25) is 4.79 Å². The smallest absolute Gasteiger partial charge is 0.249 e. The number of ether oxygens (including phenoxy) is 1. The molecule has 1 unspecified atom stereocenters. The van der Waals surface area contributed by atoms with Gasteiger partial charge in [0, 0.05) is 6.61 Å². The summed E-state index contributed by atoms with van der Waals surface area (Å²) in [5.41, 5.74) is 2.29. The molecule has 1 aliphatic rings. The molecule has 1 atom stereocenters. The van der Waals surface area contributed by atoms with Gasteiger partial charge in [-0.1, -0.05) is 29.8 Å². The van der Waals surface area contributed by atoms with Crippen molar-refractivity contribution < 1.29 is 9.53 Å². The van der Waals surface area contributed by atoms with Crippen molar-refractivity contribution in [2.24, 2.45) is 0 Å². The number of nitrogens with one attached hydrogen (secondary N) is 1. The zero-order chi connectivity index (χ0) is 13.2. The molecular weight excluding hydrogens is 226 g/mol. The van der Waals surface area contributed by atoms with Crippen LogP contribution < -0.4 is 5.32 Å². The standard InChI is InChI=1S/C15H21NO2/c1-4-18-12(3)14(17)16-15(8-9-15)13-7-5-6-11(2)10-13/h5-7,10,12H,4,8-9H2,1-3H3,(H,16,17). The first-order valence-corrected chi connectivity index (χ1v) is 6.58. The van der Waals surface area contributed by atoms with Crippen LogP contribution >= 0.6 is 0 Å². The number of benzene rings is 1. The van der Waals surface area contributed by atoms with Crippen LogP contribution in [0.3, 0.4) is 0 Å². The minimum absolute atomic E-state index is 0.0177. The predicted molar refractivity (Wildman–Crippen MR) is 71.3 cm³/mol. The molecule has 0 spiro atoms. The van der Waals surface area contributed by atoms with Crippen LogP contribution in [0.1, 0.15) is 37.8 Å². The van der Waals surface area contributed by atoms with Gasteiger partial charge in [-0.15, -0.1) is 0 Å². The fourth-order valence-corrected chi connectivity index (χ4v) is 2.22. The Morgan fingerprint density at radius 3 is 2.78 bits per heavy atom. The lowest BCUT2D eigenvalue weighted by Gasteiger charge is -2.21. The minimum atomic E-state index is -0.378. The molecule has 0 heterocycles. The second-order valence-corrected chi connectivity index (χ2v) is 5.04. The third kappa shape index (κ3) is 2.72. The summed E-state index contributed by atoms with van der Waals surface area (Å²) in [6, 6.07) is 8.36. The van der Waals surface area contributed by atoms with E-state index in [1.165, 1.54) is 11.1 Å². The molecule has 3 heteroatoms. The van der Waals surface area contributed by atoms with E-state index in [-0.39, 0.29) is 17.6 Å². The number of rotatable bonds is 5. The molecule has 3 nitrogen and oxygen atoms in total. The third-order valence-electron chi connectivity index (χ3n) is 3.47. The maximum atomic E-state index is 12.0. The van der Waals surface area contributed by atoms with Crippen molar-refractivity contribution in [2.75, 3.05) is 6.61 Å². The van der Waals surface area contributed by atoms with Gasteiger partial charge in [0.05, 0.1) is 5.54 Å². The molecule has 18 heavy (non-hydrogen) atoms. The number of hydrogen-bond acceptors (Lipinski definition) is 2. The highest BCUT2D eigenvalue weighted by Crippen LogP contribution is 2.45. The predicted octanol–water partition coefficient (Wildman–Crippen LogP) is 2.53. The van der Waals surface area contributed by atoms with Crippen molar-refractivity contribution in [3.8, 4) is 0 Å². The highest BCUT2D eigenvalue weighted by molar-refractivity contribution is 5.81. The molecule has 0 radical (unpaired) electrons. The van der Waals surface area contributed by atoms with Gasteiger partial charge in [0.2, 0.25) is 5.91 Å². The molecule has 0 bridgehead atoms. The minimum Gasteiger partial charge on any atom is -0.369 e. The van der Waals surface area contributed by atoms with Crippen molar-refractivity contribution in [3.63, 3.8) is 0 Å². The Balaban J connectivity index is 2.07. The van der Waals surface area contributed by atoms with Crippen LogP contribution in [0.5, 0.6) is 0 Å². The van der Waals surface area contributed by atoms with E-state index in [0.29, 0.717) is 6.61 Å². The van der Waals surface area contributed by atoms with Crippen molar-refractivity contribution >= 4 is 5.91 Å². The Kier molecular flexibility index (Phi) is 3.71. The van der Waals surface area contributed by atoms with E-state index in [4.69, 9.17) is 4.74 Å². The lowest BCUT2D eigenvalue weighted by Crippen LogP contribution is -2.41. The molecule has 1 aromatic rings. The van der Waals surface area contributed by atoms with Gasteiger partial charge in [-0.25, -0.2) is 0 Å². The summed E-state index contributed by atoms with van der Waals surface area (Å²) in [4.78, 5) is 12.0. The lowest BCUT2D eigenvalue weighted by atomic mass is 10.0. The van der Waals surface area contributed by atoms with E-state index >= 15 is 0 Å². The molecule has 1 fully saturated rings.